The summed E-state index contributed by atoms with van der Waals surface area (Å²) in [6.07, 6.45) is 1.89. The number of aromatic nitrogens is 4. The van der Waals surface area contributed by atoms with Crippen molar-refractivity contribution in [1.82, 2.24) is 20.4 Å². The van der Waals surface area contributed by atoms with Crippen LogP contribution in [0.15, 0.2) is 0 Å². The Balaban J connectivity index is 1.61. The fraction of sp³-hybridized carbons (Fsp3) is 0.556. The molecule has 9 heteroatoms. The van der Waals surface area contributed by atoms with Gasteiger partial charge in [-0.3, -0.25) is 0 Å². The van der Waals surface area contributed by atoms with E-state index < -0.39 is 0 Å². The average molecular weight is 302 g/mol. The van der Waals surface area contributed by atoms with Crippen LogP contribution in [0.25, 0.3) is 0 Å². The molecule has 2 aromatic heterocycles. The lowest BCUT2D eigenvalue weighted by molar-refractivity contribution is 0.981. The second kappa shape index (κ2) is 6.86. The van der Waals surface area contributed by atoms with Crippen LogP contribution in [0.3, 0.4) is 0 Å². The quantitative estimate of drug-likeness (QED) is 0.750. The fourth-order valence-electron chi connectivity index (χ4n) is 1.24. The molecule has 0 amide bonds. The van der Waals surface area contributed by atoms with E-state index in [9.17, 15) is 0 Å². The van der Waals surface area contributed by atoms with Crippen molar-refractivity contribution in [3.63, 3.8) is 0 Å². The second-order valence-corrected chi connectivity index (χ2v) is 6.78. The summed E-state index contributed by atoms with van der Waals surface area (Å²) in [4.78, 5) is 0. The lowest BCUT2D eigenvalue weighted by atomic mass is 10.5. The van der Waals surface area contributed by atoms with Crippen LogP contribution in [0, 0.1) is 0 Å². The summed E-state index contributed by atoms with van der Waals surface area (Å²) >= 11 is 4.95. The Kier molecular flexibility index (Phi) is 5.14. The number of nitrogens with one attached hydrogen (secondary N) is 1. The Hall–Kier alpha value is -0.930. The molecule has 0 radical (unpaired) electrons. The minimum absolute atomic E-state index is 0.545. The van der Waals surface area contributed by atoms with Gasteiger partial charge >= 0.3 is 0 Å². The van der Waals surface area contributed by atoms with Crippen molar-refractivity contribution in [3.05, 3.63) is 10.0 Å². The van der Waals surface area contributed by atoms with Gasteiger partial charge in [-0.25, -0.2) is 0 Å². The Morgan fingerprint density at radius 1 is 1.06 bits per heavy atom. The van der Waals surface area contributed by atoms with Gasteiger partial charge in [0.15, 0.2) is 0 Å². The highest BCUT2D eigenvalue weighted by atomic mass is 32.2. The molecule has 0 saturated heterocycles. The number of rotatable bonds is 7. The van der Waals surface area contributed by atoms with Crippen molar-refractivity contribution in [2.75, 3.05) is 29.6 Å². The predicted octanol–water partition coefficient (Wildman–Crippen LogP) is 1.53. The summed E-state index contributed by atoms with van der Waals surface area (Å²) in [6.45, 7) is 0. The minimum Gasteiger partial charge on any atom is -0.374 e. The van der Waals surface area contributed by atoms with Crippen LogP contribution >= 0.6 is 34.4 Å². The van der Waals surface area contributed by atoms with Gasteiger partial charge in [0.2, 0.25) is 10.3 Å². The maximum Gasteiger partial charge on any atom is 0.205 e. The topological polar surface area (TPSA) is 89.6 Å². The maximum absolute atomic E-state index is 5.52. The first-order valence-corrected chi connectivity index (χ1v) is 8.22. The molecule has 18 heavy (non-hydrogen) atoms. The van der Waals surface area contributed by atoms with Gasteiger partial charge in [-0.05, 0) is 11.5 Å². The van der Waals surface area contributed by atoms with Crippen LogP contribution in [0.2, 0.25) is 0 Å². The molecule has 0 aromatic carbocycles. The van der Waals surface area contributed by atoms with E-state index in [2.05, 4.69) is 25.7 Å². The summed E-state index contributed by atoms with van der Waals surface area (Å²) in [5.41, 5.74) is 5.52. The third-order valence-electron chi connectivity index (χ3n) is 2.08. The zero-order chi connectivity index (χ0) is 12.8. The van der Waals surface area contributed by atoms with Crippen LogP contribution in [0.1, 0.15) is 10.0 Å². The number of nitrogens with zero attached hydrogens (tertiary/aromatic N) is 4. The van der Waals surface area contributed by atoms with E-state index in [4.69, 9.17) is 5.73 Å². The highest BCUT2D eigenvalue weighted by molar-refractivity contribution is 7.99. The van der Waals surface area contributed by atoms with Crippen LogP contribution in [0.4, 0.5) is 10.3 Å². The number of anilines is 2. The zero-order valence-corrected chi connectivity index (χ0v) is 12.4. The van der Waals surface area contributed by atoms with E-state index in [0.29, 0.717) is 5.13 Å². The molecule has 3 N–H and O–H groups in total. The lowest BCUT2D eigenvalue weighted by Gasteiger charge is -1.96. The highest BCUT2D eigenvalue weighted by Gasteiger charge is 2.03. The molecular formula is C9H14N6S3. The molecule has 0 aliphatic heterocycles. The highest BCUT2D eigenvalue weighted by Crippen LogP contribution is 2.17. The number of nitrogens with two attached hydrogens (primary N) is 1. The first-order valence-electron chi connectivity index (χ1n) is 5.43. The first-order chi connectivity index (χ1) is 8.78. The molecular weight excluding hydrogens is 288 g/mol. The molecule has 6 nitrogen and oxygen atoms in total. The van der Waals surface area contributed by atoms with E-state index in [0.717, 1.165) is 39.5 Å². The lowest BCUT2D eigenvalue weighted by Crippen LogP contribution is -1.92. The molecule has 0 saturated carbocycles. The van der Waals surface area contributed by atoms with Crippen LogP contribution in [-0.2, 0) is 12.8 Å². The van der Waals surface area contributed by atoms with Gasteiger partial charge in [0.25, 0.3) is 0 Å². The van der Waals surface area contributed by atoms with Gasteiger partial charge in [-0.2, -0.15) is 11.8 Å². The molecule has 0 bridgehead atoms. The van der Waals surface area contributed by atoms with Gasteiger partial charge in [0.1, 0.15) is 10.0 Å². The van der Waals surface area contributed by atoms with Gasteiger partial charge in [-0.1, -0.05) is 22.7 Å². The second-order valence-electron chi connectivity index (χ2n) is 3.40. The van der Waals surface area contributed by atoms with Crippen molar-refractivity contribution in [2.45, 2.75) is 12.8 Å². The molecule has 0 atom stereocenters. The Morgan fingerprint density at radius 2 is 1.72 bits per heavy atom. The number of hydrogen-bond donors (Lipinski definition) is 2. The maximum atomic E-state index is 5.52. The summed E-state index contributed by atoms with van der Waals surface area (Å²) < 4.78 is 0. The molecule has 0 unspecified atom stereocenters. The molecule has 2 heterocycles. The smallest absolute Gasteiger partial charge is 0.205 e. The van der Waals surface area contributed by atoms with E-state index in [1.807, 2.05) is 18.8 Å². The predicted molar refractivity (Wildman–Crippen MR) is 78.5 cm³/mol. The number of nitrogen functional groups attached to an aromatic ring is 1. The van der Waals surface area contributed by atoms with Gasteiger partial charge in [0, 0.05) is 19.9 Å². The number of aryl methyl sites for hydroxylation is 2. The molecule has 2 rings (SSSR count). The zero-order valence-electron chi connectivity index (χ0n) is 9.92. The standard InChI is InChI=1S/C9H14N6S3/c1-11-9-15-13-7(18-9)3-5-16-4-2-6-12-14-8(10)17-6/h2-5H2,1H3,(H2,10,14)(H,11,15). The van der Waals surface area contributed by atoms with Crippen molar-refractivity contribution in [2.24, 2.45) is 0 Å². The Morgan fingerprint density at radius 3 is 2.28 bits per heavy atom. The Bertz CT molecular complexity index is 482. The molecule has 98 valence electrons. The number of hydrogen-bond acceptors (Lipinski definition) is 9. The van der Waals surface area contributed by atoms with Crippen LogP contribution < -0.4 is 11.1 Å². The molecule has 0 aliphatic carbocycles. The van der Waals surface area contributed by atoms with Gasteiger partial charge in [0.05, 0.1) is 0 Å². The summed E-state index contributed by atoms with van der Waals surface area (Å²) in [5.74, 6) is 2.08. The average Bonchev–Trinajstić information content (AvgIpc) is 2.98. The molecule has 0 fully saturated rings. The Labute approximate surface area is 117 Å². The van der Waals surface area contributed by atoms with Crippen molar-refractivity contribution in [3.8, 4) is 0 Å². The van der Waals surface area contributed by atoms with Crippen molar-refractivity contribution in [1.29, 1.82) is 0 Å². The van der Waals surface area contributed by atoms with Crippen LogP contribution in [-0.4, -0.2) is 38.9 Å². The van der Waals surface area contributed by atoms with Crippen LogP contribution in [0.5, 0.6) is 0 Å². The summed E-state index contributed by atoms with van der Waals surface area (Å²) in [6, 6.07) is 0. The summed E-state index contributed by atoms with van der Waals surface area (Å²) in [5, 5.41) is 22.4. The van der Waals surface area contributed by atoms with Crippen molar-refractivity contribution >= 4 is 44.7 Å². The number of thioether (sulfide) groups is 1. The monoisotopic (exact) mass is 302 g/mol. The third-order valence-corrected chi connectivity index (χ3v) is 4.88. The van der Waals surface area contributed by atoms with Gasteiger partial charge in [-0.15, -0.1) is 20.4 Å². The normalized spacial score (nSPS) is 10.7. The minimum atomic E-state index is 0.545. The first kappa shape index (κ1) is 13.5. The fourth-order valence-corrected chi connectivity index (χ4v) is 3.68. The molecule has 0 aliphatic rings. The van der Waals surface area contributed by atoms with E-state index in [-0.39, 0.29) is 0 Å². The third kappa shape index (κ3) is 4.07. The van der Waals surface area contributed by atoms with Crippen molar-refractivity contribution < 1.29 is 0 Å². The van der Waals surface area contributed by atoms with E-state index >= 15 is 0 Å². The largest absolute Gasteiger partial charge is 0.374 e. The van der Waals surface area contributed by atoms with E-state index in [1.54, 1.807) is 11.3 Å². The SMILES string of the molecule is CNc1nnc(CCSCCc2nnc(N)s2)s1. The van der Waals surface area contributed by atoms with Gasteiger partial charge < -0.3 is 11.1 Å². The molecule has 0 spiro atoms. The molecule has 2 aromatic rings. The van der Waals surface area contributed by atoms with E-state index in [1.165, 1.54) is 11.3 Å². The summed E-state index contributed by atoms with van der Waals surface area (Å²) in [7, 11) is 1.85.